The third kappa shape index (κ3) is 3.53. The molecular formula is C16H12BrN2O2. The van der Waals surface area contributed by atoms with Gasteiger partial charge in [-0.15, -0.1) is 0 Å². The summed E-state index contributed by atoms with van der Waals surface area (Å²) in [6, 6.07) is 9.62. The van der Waals surface area contributed by atoms with Gasteiger partial charge in [0.05, 0.1) is 12.5 Å². The van der Waals surface area contributed by atoms with Gasteiger partial charge in [0.25, 0.3) is 0 Å². The molecule has 1 heterocycles. The molecule has 5 radical (unpaired) electrons. The Morgan fingerprint density at radius 2 is 1.90 bits per heavy atom. The zero-order valence-corrected chi connectivity index (χ0v) is 12.6. The molecule has 0 bridgehead atoms. The molecule has 2 aromatic rings. The van der Waals surface area contributed by atoms with Gasteiger partial charge in [-0.2, -0.15) is 0 Å². The predicted octanol–water partition coefficient (Wildman–Crippen LogP) is 3.13. The molecule has 21 heavy (non-hydrogen) atoms. The summed E-state index contributed by atoms with van der Waals surface area (Å²) in [6.07, 6.45) is 7.19. The van der Waals surface area contributed by atoms with E-state index in [0.717, 1.165) is 15.7 Å². The van der Waals surface area contributed by atoms with Crippen LogP contribution >= 0.6 is 15.9 Å². The minimum atomic E-state index is -0.124. The third-order valence-corrected chi connectivity index (χ3v) is 3.58. The minimum absolute atomic E-state index is 0.124. The van der Waals surface area contributed by atoms with Crippen molar-refractivity contribution < 1.29 is 9.32 Å². The van der Waals surface area contributed by atoms with E-state index in [1.807, 2.05) is 43.2 Å². The molecule has 5 heteroatoms. The molecule has 1 aromatic carbocycles. The number of carbonyl (C=O) groups excluding carboxylic acids is 1. The Hall–Kier alpha value is -1.62. The summed E-state index contributed by atoms with van der Waals surface area (Å²) in [5.41, 5.74) is 1.72. The van der Waals surface area contributed by atoms with Gasteiger partial charge < -0.3 is 9.84 Å². The fourth-order valence-electron chi connectivity index (χ4n) is 1.95. The van der Waals surface area contributed by atoms with E-state index in [1.54, 1.807) is 12.8 Å². The maximum Gasteiger partial charge on any atom is 0.228 e. The highest BCUT2D eigenvalue weighted by Gasteiger charge is 2.24. The lowest BCUT2D eigenvalue weighted by atomic mass is 10.1. The highest BCUT2D eigenvalue weighted by Crippen LogP contribution is 2.24. The third-order valence-electron chi connectivity index (χ3n) is 3.05. The van der Waals surface area contributed by atoms with Crippen LogP contribution in [0.2, 0.25) is 0 Å². The number of hydrogen-bond donors (Lipinski definition) is 1. The standard InChI is InChI=1S/C16H12BrN2O2/c17-13-7-5-11(6-8-13)15-9-14(21-19-15)10-18-16(20)12-3-1-2-4-12/h1-9H,10H2,(H,18,20). The van der Waals surface area contributed by atoms with Crippen LogP contribution in [-0.2, 0) is 11.3 Å². The number of benzene rings is 1. The number of halogens is 1. The summed E-state index contributed by atoms with van der Waals surface area (Å²) in [6.45, 7) is 0.313. The Labute approximate surface area is 132 Å². The van der Waals surface area contributed by atoms with E-state index >= 15 is 0 Å². The van der Waals surface area contributed by atoms with Crippen molar-refractivity contribution in [2.45, 2.75) is 6.54 Å². The normalized spacial score (nSPS) is 15.3. The zero-order chi connectivity index (χ0) is 14.7. The second-order valence-electron chi connectivity index (χ2n) is 4.54. The van der Waals surface area contributed by atoms with Crippen LogP contribution in [0.5, 0.6) is 0 Å². The van der Waals surface area contributed by atoms with Crippen molar-refractivity contribution in [3.8, 4) is 11.3 Å². The second kappa shape index (κ2) is 6.43. The van der Waals surface area contributed by atoms with Gasteiger partial charge in [0.2, 0.25) is 5.91 Å². The summed E-state index contributed by atoms with van der Waals surface area (Å²) in [5, 5.41) is 6.81. The Balaban J connectivity index is 1.60. The number of hydrogen-bond acceptors (Lipinski definition) is 3. The number of carbonyl (C=O) groups is 1. The van der Waals surface area contributed by atoms with E-state index in [4.69, 9.17) is 4.52 Å². The monoisotopic (exact) mass is 343 g/mol. The molecule has 1 amide bonds. The molecule has 4 nitrogen and oxygen atoms in total. The lowest BCUT2D eigenvalue weighted by molar-refractivity contribution is -0.118. The molecule has 0 aliphatic heterocycles. The first-order valence-electron chi connectivity index (χ1n) is 6.44. The first-order valence-corrected chi connectivity index (χ1v) is 7.23. The molecule has 0 spiro atoms. The molecule has 3 rings (SSSR count). The average Bonchev–Trinajstić information content (AvgIpc) is 3.17. The van der Waals surface area contributed by atoms with E-state index in [1.165, 1.54) is 0 Å². The predicted molar refractivity (Wildman–Crippen MR) is 81.9 cm³/mol. The maximum absolute atomic E-state index is 11.8. The van der Waals surface area contributed by atoms with Crippen molar-refractivity contribution in [2.24, 2.45) is 0 Å². The van der Waals surface area contributed by atoms with Crippen LogP contribution < -0.4 is 5.32 Å². The van der Waals surface area contributed by atoms with Crippen molar-refractivity contribution in [3.63, 3.8) is 0 Å². The molecule has 1 aromatic heterocycles. The quantitative estimate of drug-likeness (QED) is 0.927. The van der Waals surface area contributed by atoms with E-state index in [0.29, 0.717) is 18.2 Å². The number of amides is 1. The van der Waals surface area contributed by atoms with Crippen LogP contribution in [-0.4, -0.2) is 11.1 Å². The van der Waals surface area contributed by atoms with Crippen LogP contribution in [0, 0.1) is 31.6 Å². The van der Waals surface area contributed by atoms with Crippen molar-refractivity contribution in [2.75, 3.05) is 0 Å². The van der Waals surface area contributed by atoms with Gasteiger partial charge in [0.1, 0.15) is 5.69 Å². The first-order chi connectivity index (χ1) is 10.2. The molecule has 0 atom stereocenters. The summed E-state index contributed by atoms with van der Waals surface area (Å²) in [4.78, 5) is 11.8. The minimum Gasteiger partial charge on any atom is -0.359 e. The molecular weight excluding hydrogens is 332 g/mol. The van der Waals surface area contributed by atoms with E-state index in [-0.39, 0.29) is 5.91 Å². The van der Waals surface area contributed by atoms with E-state index < -0.39 is 0 Å². The highest BCUT2D eigenvalue weighted by atomic mass is 79.9. The number of nitrogens with one attached hydrogen (secondary N) is 1. The average molecular weight is 344 g/mol. The molecule has 1 aliphatic carbocycles. The van der Waals surface area contributed by atoms with Crippen LogP contribution in [0.25, 0.3) is 11.3 Å². The van der Waals surface area contributed by atoms with Gasteiger partial charge in [-0.25, -0.2) is 0 Å². The van der Waals surface area contributed by atoms with Crippen molar-refractivity contribution in [1.29, 1.82) is 0 Å². The van der Waals surface area contributed by atoms with Crippen LogP contribution in [0.4, 0.5) is 0 Å². The molecule has 1 aliphatic rings. The molecule has 1 fully saturated rings. The van der Waals surface area contributed by atoms with Crippen molar-refractivity contribution in [3.05, 3.63) is 72.2 Å². The SMILES string of the molecule is O=C(NCc1cc(-c2ccc(Br)cc2)no1)[C]1[CH][CH][CH][CH]1. The second-order valence-corrected chi connectivity index (χ2v) is 5.46. The van der Waals surface area contributed by atoms with Crippen molar-refractivity contribution in [1.82, 2.24) is 10.5 Å². The number of rotatable bonds is 4. The molecule has 0 unspecified atom stereocenters. The van der Waals surface area contributed by atoms with Crippen LogP contribution in [0.3, 0.4) is 0 Å². The Bertz CT molecular complexity index is 615. The summed E-state index contributed by atoms with van der Waals surface area (Å²) in [5.74, 6) is 1.14. The van der Waals surface area contributed by atoms with Gasteiger partial charge in [0.15, 0.2) is 5.76 Å². The fourth-order valence-corrected chi connectivity index (χ4v) is 2.21. The smallest absolute Gasteiger partial charge is 0.228 e. The molecule has 0 saturated heterocycles. The molecule has 1 N–H and O–H groups in total. The topological polar surface area (TPSA) is 55.1 Å². The van der Waals surface area contributed by atoms with E-state index in [9.17, 15) is 4.79 Å². The van der Waals surface area contributed by atoms with Crippen LogP contribution in [0.1, 0.15) is 5.76 Å². The van der Waals surface area contributed by atoms with Crippen LogP contribution in [0.15, 0.2) is 39.3 Å². The van der Waals surface area contributed by atoms with Gasteiger partial charge in [0, 0.05) is 16.1 Å². The summed E-state index contributed by atoms with van der Waals surface area (Å²) < 4.78 is 6.25. The zero-order valence-electron chi connectivity index (χ0n) is 11.0. The summed E-state index contributed by atoms with van der Waals surface area (Å²) >= 11 is 3.39. The fraction of sp³-hybridized carbons (Fsp3) is 0.0625. The highest BCUT2D eigenvalue weighted by molar-refractivity contribution is 9.10. The summed E-state index contributed by atoms with van der Waals surface area (Å²) in [7, 11) is 0. The Kier molecular flexibility index (Phi) is 4.39. The van der Waals surface area contributed by atoms with Gasteiger partial charge in [-0.05, 0) is 37.8 Å². The maximum atomic E-state index is 11.8. The first kappa shape index (κ1) is 14.3. The van der Waals surface area contributed by atoms with Gasteiger partial charge in [-0.1, -0.05) is 33.2 Å². The molecule has 105 valence electrons. The Morgan fingerprint density at radius 1 is 1.19 bits per heavy atom. The number of nitrogens with zero attached hydrogens (tertiary/aromatic N) is 1. The lowest BCUT2D eigenvalue weighted by Gasteiger charge is -2.06. The number of aromatic nitrogens is 1. The largest absolute Gasteiger partial charge is 0.359 e. The lowest BCUT2D eigenvalue weighted by Crippen LogP contribution is -2.27. The van der Waals surface area contributed by atoms with Gasteiger partial charge in [-0.3, -0.25) is 4.79 Å². The van der Waals surface area contributed by atoms with Crippen molar-refractivity contribution >= 4 is 21.8 Å². The van der Waals surface area contributed by atoms with Gasteiger partial charge >= 0.3 is 0 Å². The Morgan fingerprint density at radius 3 is 2.62 bits per heavy atom. The van der Waals surface area contributed by atoms with E-state index in [2.05, 4.69) is 26.4 Å². The molecule has 1 saturated carbocycles.